The van der Waals surface area contributed by atoms with Crippen molar-refractivity contribution in [3.63, 3.8) is 0 Å². The number of hydrogen-bond acceptors (Lipinski definition) is 5. The maximum Gasteiger partial charge on any atom is 0.219 e. The lowest BCUT2D eigenvalue weighted by Gasteiger charge is -2.54. The first-order valence-corrected chi connectivity index (χ1v) is 11.8. The third-order valence-electron chi connectivity index (χ3n) is 8.43. The van der Waals surface area contributed by atoms with Crippen LogP contribution in [0.5, 0.6) is 11.5 Å². The van der Waals surface area contributed by atoms with E-state index >= 15 is 0 Å². The zero-order chi connectivity index (χ0) is 23.5. The molecule has 0 bridgehead atoms. The molecule has 32 heavy (non-hydrogen) atoms. The van der Waals surface area contributed by atoms with Gasteiger partial charge in [0.05, 0.1) is 11.7 Å². The molecule has 5 nitrogen and oxygen atoms in total. The van der Waals surface area contributed by atoms with E-state index in [0.29, 0.717) is 30.4 Å². The van der Waals surface area contributed by atoms with Gasteiger partial charge in [-0.05, 0) is 70.7 Å². The summed E-state index contributed by atoms with van der Waals surface area (Å²) in [6, 6.07) is 3.17. The zero-order valence-corrected chi connectivity index (χ0v) is 20.3. The Bertz CT molecular complexity index is 977. The summed E-state index contributed by atoms with van der Waals surface area (Å²) in [5, 5.41) is 31.0. The van der Waals surface area contributed by atoms with Crippen molar-refractivity contribution in [3.05, 3.63) is 46.7 Å². The minimum atomic E-state index is -0.827. The quantitative estimate of drug-likeness (QED) is 0.415. The molecule has 0 unspecified atom stereocenters. The lowest BCUT2D eigenvalue weighted by Crippen LogP contribution is -2.57. The number of benzene rings is 1. The summed E-state index contributed by atoms with van der Waals surface area (Å²) >= 11 is 0. The summed E-state index contributed by atoms with van der Waals surface area (Å²) in [4.78, 5) is 0. The van der Waals surface area contributed by atoms with Gasteiger partial charge in [-0.25, -0.2) is 0 Å². The van der Waals surface area contributed by atoms with E-state index in [-0.39, 0.29) is 22.3 Å². The number of hydrogen-bond donors (Lipinski definition) is 3. The van der Waals surface area contributed by atoms with Crippen molar-refractivity contribution >= 4 is 0 Å². The molecule has 1 aliphatic carbocycles. The molecule has 3 aliphatic rings. The van der Waals surface area contributed by atoms with Crippen LogP contribution in [0.15, 0.2) is 35.6 Å². The highest BCUT2D eigenvalue weighted by Crippen LogP contribution is 2.67. The molecule has 1 saturated heterocycles. The average Bonchev–Trinajstić information content (AvgIpc) is 3.10. The fourth-order valence-electron chi connectivity index (χ4n) is 6.08. The number of rotatable bonds is 4. The molecule has 3 N–H and O–H groups in total. The number of fused-ring (bicyclic) bond motifs is 2. The summed E-state index contributed by atoms with van der Waals surface area (Å²) in [7, 11) is 0. The Morgan fingerprint density at radius 1 is 1.16 bits per heavy atom. The first kappa shape index (κ1) is 23.2. The highest BCUT2D eigenvalue weighted by molar-refractivity contribution is 5.46. The summed E-state index contributed by atoms with van der Waals surface area (Å²) in [5.41, 5.74) is 1.60. The normalized spacial score (nSPS) is 36.2. The molecule has 1 aromatic carbocycles. The van der Waals surface area contributed by atoms with Crippen molar-refractivity contribution in [3.8, 4) is 11.5 Å². The van der Waals surface area contributed by atoms with Crippen LogP contribution in [-0.4, -0.2) is 32.8 Å². The van der Waals surface area contributed by atoms with Gasteiger partial charge in [0, 0.05) is 29.2 Å². The van der Waals surface area contributed by atoms with Crippen molar-refractivity contribution in [2.24, 2.45) is 10.8 Å². The Morgan fingerprint density at radius 2 is 1.88 bits per heavy atom. The Labute approximate surface area is 191 Å². The summed E-state index contributed by atoms with van der Waals surface area (Å²) < 4.78 is 13.2. The number of aryl methyl sites for hydroxylation is 1. The predicted octanol–water partition coefficient (Wildman–Crippen LogP) is 5.65. The van der Waals surface area contributed by atoms with Crippen LogP contribution >= 0.6 is 0 Å². The second-order valence-electron chi connectivity index (χ2n) is 11.2. The molecule has 4 atom stereocenters. The fraction of sp³-hybridized carbons (Fsp3) is 0.630. The third kappa shape index (κ3) is 3.54. The number of aromatic hydroxyl groups is 2. The van der Waals surface area contributed by atoms with E-state index in [9.17, 15) is 15.3 Å². The van der Waals surface area contributed by atoms with Crippen LogP contribution in [0, 0.1) is 17.8 Å². The van der Waals surface area contributed by atoms with E-state index in [2.05, 4.69) is 32.9 Å². The van der Waals surface area contributed by atoms with Crippen LogP contribution in [0.3, 0.4) is 0 Å². The van der Waals surface area contributed by atoms with Gasteiger partial charge < -0.3 is 24.8 Å². The molecule has 5 heteroatoms. The molecule has 176 valence electrons. The van der Waals surface area contributed by atoms with E-state index in [1.54, 1.807) is 19.1 Å². The second kappa shape index (κ2) is 7.53. The largest absolute Gasteiger partial charge is 0.508 e. The van der Waals surface area contributed by atoms with Gasteiger partial charge in [0.15, 0.2) is 0 Å². The van der Waals surface area contributed by atoms with E-state index in [1.165, 1.54) is 0 Å². The van der Waals surface area contributed by atoms with Gasteiger partial charge in [-0.15, -0.1) is 0 Å². The Morgan fingerprint density at radius 3 is 2.53 bits per heavy atom. The highest BCUT2D eigenvalue weighted by atomic mass is 16.7. The molecule has 0 aromatic heterocycles. The van der Waals surface area contributed by atoms with Crippen LogP contribution in [0.2, 0.25) is 0 Å². The molecule has 1 aromatic rings. The monoisotopic (exact) mass is 442 g/mol. The van der Waals surface area contributed by atoms with Crippen LogP contribution in [0.4, 0.5) is 0 Å². The highest BCUT2D eigenvalue weighted by Gasteiger charge is 2.69. The average molecular weight is 443 g/mol. The molecule has 2 heterocycles. The van der Waals surface area contributed by atoms with Gasteiger partial charge >= 0.3 is 0 Å². The molecule has 1 saturated carbocycles. The lowest BCUT2D eigenvalue weighted by molar-refractivity contribution is -0.309. The van der Waals surface area contributed by atoms with Gasteiger partial charge in [0.1, 0.15) is 17.3 Å². The molecular formula is C27H38O5. The maximum absolute atomic E-state index is 10.8. The van der Waals surface area contributed by atoms with Gasteiger partial charge in [0.25, 0.3) is 0 Å². The van der Waals surface area contributed by atoms with E-state index in [1.807, 2.05) is 13.8 Å². The van der Waals surface area contributed by atoms with Gasteiger partial charge in [0.2, 0.25) is 5.79 Å². The van der Waals surface area contributed by atoms with E-state index in [0.717, 1.165) is 30.6 Å². The first-order valence-electron chi connectivity index (χ1n) is 11.8. The smallest absolute Gasteiger partial charge is 0.219 e. The topological polar surface area (TPSA) is 79.2 Å². The molecule has 0 amide bonds. The van der Waals surface area contributed by atoms with Crippen molar-refractivity contribution in [1.82, 2.24) is 0 Å². The van der Waals surface area contributed by atoms with Crippen molar-refractivity contribution in [2.45, 2.75) is 97.6 Å². The number of ether oxygens (including phenoxy) is 2. The molecule has 2 aliphatic heterocycles. The van der Waals surface area contributed by atoms with Gasteiger partial charge in [-0.1, -0.05) is 31.9 Å². The number of allylic oxidation sites excluding steroid dienone is 3. The predicted molar refractivity (Wildman–Crippen MR) is 124 cm³/mol. The van der Waals surface area contributed by atoms with Gasteiger partial charge in [-0.2, -0.15) is 0 Å². The third-order valence-corrected chi connectivity index (χ3v) is 8.43. The van der Waals surface area contributed by atoms with E-state index < -0.39 is 17.5 Å². The summed E-state index contributed by atoms with van der Waals surface area (Å²) in [6.45, 7) is 12.3. The first-order chi connectivity index (χ1) is 14.8. The van der Waals surface area contributed by atoms with Crippen molar-refractivity contribution in [1.29, 1.82) is 0 Å². The number of aliphatic hydroxyl groups excluding tert-OH is 1. The van der Waals surface area contributed by atoms with Crippen molar-refractivity contribution < 1.29 is 24.8 Å². The minimum Gasteiger partial charge on any atom is -0.508 e. The van der Waals surface area contributed by atoms with Crippen LogP contribution in [0.25, 0.3) is 0 Å². The SMILES string of the molecule is C/C(=C\Cc1cc(O)cc(C)c1O)CC1=C[C@]2(C)CCC[C@@]2(C)[C@]2(C[C@@H](O)C(C)(C)O2)O1. The maximum atomic E-state index is 10.8. The summed E-state index contributed by atoms with van der Waals surface area (Å²) in [5.74, 6) is 0.451. The van der Waals surface area contributed by atoms with E-state index in [4.69, 9.17) is 9.47 Å². The number of phenolic OH excluding ortho intramolecular Hbond substituents is 2. The number of phenols is 2. The lowest BCUT2D eigenvalue weighted by atomic mass is 9.60. The van der Waals surface area contributed by atoms with Crippen LogP contribution in [0.1, 0.15) is 77.8 Å². The molecule has 0 radical (unpaired) electrons. The second-order valence-corrected chi connectivity index (χ2v) is 11.2. The number of aliphatic hydroxyl groups is 1. The summed E-state index contributed by atoms with van der Waals surface area (Å²) in [6.07, 6.45) is 8.66. The van der Waals surface area contributed by atoms with Gasteiger partial charge in [-0.3, -0.25) is 0 Å². The Balaban J connectivity index is 1.60. The molecule has 1 spiro atoms. The molecular weight excluding hydrogens is 404 g/mol. The minimum absolute atomic E-state index is 0.0540. The van der Waals surface area contributed by atoms with Crippen LogP contribution < -0.4 is 0 Å². The molecule has 2 fully saturated rings. The zero-order valence-electron chi connectivity index (χ0n) is 20.3. The van der Waals surface area contributed by atoms with Crippen LogP contribution in [-0.2, 0) is 15.9 Å². The Kier molecular flexibility index (Phi) is 5.45. The van der Waals surface area contributed by atoms with Crippen molar-refractivity contribution in [2.75, 3.05) is 0 Å². The standard InChI is InChI=1S/C27H38O5/c1-17(8-9-19-14-20(28)13-18(2)23(19)30)12-21-15-25(5)10-7-11-26(25,6)27(31-21)16-22(29)24(3,4)32-27/h8,13-15,22,28-30H,7,9-12,16H2,1-6H3/b17-8+/t22-,25+,26-,27-/m1/s1. The fourth-order valence-corrected chi connectivity index (χ4v) is 6.08. The Hall–Kier alpha value is -1.98. The molecule has 4 rings (SSSR count).